The largest absolute Gasteiger partial charge is 0.480 e. The van der Waals surface area contributed by atoms with Crippen LogP contribution in [0.2, 0.25) is 0 Å². The third-order valence-corrected chi connectivity index (χ3v) is 4.49. The van der Waals surface area contributed by atoms with Gasteiger partial charge in [0, 0.05) is 6.04 Å². The van der Waals surface area contributed by atoms with Crippen molar-refractivity contribution in [2.45, 2.75) is 70.0 Å². The fourth-order valence-corrected chi connectivity index (χ4v) is 3.31. The standard InChI is InChI=1S/C14H24N2O3/c1-2-10(14(18)19)16-13(17)12-8-7-9-5-3-4-6-11(9)15-12/h9-12,15H,2-8H2,1H3,(H,16,17)(H,18,19)/t9?,10-,11?,12?/m0/s1. The van der Waals surface area contributed by atoms with Crippen LogP contribution >= 0.6 is 0 Å². The van der Waals surface area contributed by atoms with Gasteiger partial charge in [-0.05, 0) is 38.0 Å². The first-order chi connectivity index (χ1) is 9.11. The molecule has 1 amide bonds. The summed E-state index contributed by atoms with van der Waals surface area (Å²) >= 11 is 0. The van der Waals surface area contributed by atoms with E-state index in [1.165, 1.54) is 19.3 Å². The summed E-state index contributed by atoms with van der Waals surface area (Å²) in [5.74, 6) is -0.403. The lowest BCUT2D eigenvalue weighted by atomic mass is 9.77. The lowest BCUT2D eigenvalue weighted by Gasteiger charge is -2.40. The molecular formula is C14H24N2O3. The predicted octanol–water partition coefficient (Wildman–Crippen LogP) is 1.28. The summed E-state index contributed by atoms with van der Waals surface area (Å²) in [6, 6.07) is -0.533. The van der Waals surface area contributed by atoms with E-state index in [0.29, 0.717) is 18.4 Å². The molecule has 0 aromatic rings. The van der Waals surface area contributed by atoms with E-state index in [2.05, 4.69) is 10.6 Å². The first-order valence-electron chi connectivity index (χ1n) is 7.41. The summed E-state index contributed by atoms with van der Waals surface area (Å²) in [5, 5.41) is 15.0. The van der Waals surface area contributed by atoms with Crippen LogP contribution in [0.3, 0.4) is 0 Å². The van der Waals surface area contributed by atoms with Crippen molar-refractivity contribution in [2.75, 3.05) is 0 Å². The summed E-state index contributed by atoms with van der Waals surface area (Å²) in [7, 11) is 0. The van der Waals surface area contributed by atoms with Crippen LogP contribution in [0.5, 0.6) is 0 Å². The molecule has 19 heavy (non-hydrogen) atoms. The van der Waals surface area contributed by atoms with Gasteiger partial charge in [0.2, 0.25) is 5.91 Å². The molecular weight excluding hydrogens is 244 g/mol. The molecule has 0 spiro atoms. The number of fused-ring (bicyclic) bond motifs is 1. The van der Waals surface area contributed by atoms with E-state index in [-0.39, 0.29) is 11.9 Å². The van der Waals surface area contributed by atoms with Crippen LogP contribution in [0, 0.1) is 5.92 Å². The highest BCUT2D eigenvalue weighted by molar-refractivity contribution is 5.87. The maximum absolute atomic E-state index is 12.1. The molecule has 0 radical (unpaired) electrons. The van der Waals surface area contributed by atoms with E-state index < -0.39 is 12.0 Å². The smallest absolute Gasteiger partial charge is 0.326 e. The Morgan fingerprint density at radius 1 is 1.26 bits per heavy atom. The zero-order valence-corrected chi connectivity index (χ0v) is 11.5. The van der Waals surface area contributed by atoms with E-state index in [9.17, 15) is 9.59 Å². The molecule has 1 saturated heterocycles. The van der Waals surface area contributed by atoms with Gasteiger partial charge in [0.15, 0.2) is 0 Å². The number of hydrogen-bond donors (Lipinski definition) is 3. The summed E-state index contributed by atoms with van der Waals surface area (Å²) in [5.41, 5.74) is 0. The Hall–Kier alpha value is -1.10. The zero-order valence-electron chi connectivity index (χ0n) is 11.5. The zero-order chi connectivity index (χ0) is 13.8. The van der Waals surface area contributed by atoms with E-state index in [0.717, 1.165) is 19.3 Å². The highest BCUT2D eigenvalue weighted by Crippen LogP contribution is 2.32. The minimum absolute atomic E-state index is 0.154. The van der Waals surface area contributed by atoms with Crippen molar-refractivity contribution in [1.29, 1.82) is 0 Å². The molecule has 0 aromatic heterocycles. The van der Waals surface area contributed by atoms with Gasteiger partial charge in [-0.25, -0.2) is 4.79 Å². The second-order valence-electron chi connectivity index (χ2n) is 5.76. The molecule has 1 aliphatic carbocycles. The molecule has 5 nitrogen and oxygen atoms in total. The highest BCUT2D eigenvalue weighted by atomic mass is 16.4. The molecule has 2 aliphatic rings. The number of carbonyl (C=O) groups excluding carboxylic acids is 1. The van der Waals surface area contributed by atoms with Gasteiger partial charge >= 0.3 is 5.97 Å². The number of nitrogens with one attached hydrogen (secondary N) is 2. The molecule has 3 unspecified atom stereocenters. The van der Waals surface area contributed by atoms with E-state index in [1.807, 2.05) is 0 Å². The van der Waals surface area contributed by atoms with Crippen molar-refractivity contribution >= 4 is 11.9 Å². The summed E-state index contributed by atoms with van der Waals surface area (Å²) in [6.07, 6.45) is 7.26. The second kappa shape index (κ2) is 6.37. The number of hydrogen-bond acceptors (Lipinski definition) is 3. The number of amides is 1. The van der Waals surface area contributed by atoms with Gasteiger partial charge < -0.3 is 15.7 Å². The van der Waals surface area contributed by atoms with Gasteiger partial charge in [-0.15, -0.1) is 0 Å². The van der Waals surface area contributed by atoms with Crippen molar-refractivity contribution in [3.8, 4) is 0 Å². The maximum Gasteiger partial charge on any atom is 0.326 e. The van der Waals surface area contributed by atoms with E-state index in [4.69, 9.17) is 5.11 Å². The van der Waals surface area contributed by atoms with Crippen molar-refractivity contribution in [3.05, 3.63) is 0 Å². The first-order valence-corrected chi connectivity index (χ1v) is 7.41. The van der Waals surface area contributed by atoms with Gasteiger partial charge in [0.05, 0.1) is 6.04 Å². The van der Waals surface area contributed by atoms with Gasteiger partial charge in [-0.1, -0.05) is 19.8 Å². The Balaban J connectivity index is 1.88. The summed E-state index contributed by atoms with van der Waals surface area (Å²) in [4.78, 5) is 23.1. The first kappa shape index (κ1) is 14.3. The molecule has 0 bridgehead atoms. The Morgan fingerprint density at radius 2 is 2.00 bits per heavy atom. The van der Waals surface area contributed by atoms with E-state index in [1.54, 1.807) is 6.92 Å². The van der Waals surface area contributed by atoms with Gasteiger partial charge in [0.25, 0.3) is 0 Å². The van der Waals surface area contributed by atoms with Crippen LogP contribution in [-0.4, -0.2) is 35.1 Å². The van der Waals surface area contributed by atoms with E-state index >= 15 is 0 Å². The Morgan fingerprint density at radius 3 is 2.68 bits per heavy atom. The van der Waals surface area contributed by atoms with Crippen LogP contribution in [0.25, 0.3) is 0 Å². The van der Waals surface area contributed by atoms with Crippen molar-refractivity contribution in [1.82, 2.24) is 10.6 Å². The third-order valence-electron chi connectivity index (χ3n) is 4.49. The van der Waals surface area contributed by atoms with Crippen molar-refractivity contribution in [3.63, 3.8) is 0 Å². The molecule has 1 heterocycles. The molecule has 1 aliphatic heterocycles. The minimum Gasteiger partial charge on any atom is -0.480 e. The van der Waals surface area contributed by atoms with Crippen LogP contribution in [-0.2, 0) is 9.59 Å². The summed E-state index contributed by atoms with van der Waals surface area (Å²) < 4.78 is 0. The molecule has 1 saturated carbocycles. The lowest BCUT2D eigenvalue weighted by Crippen LogP contribution is -2.57. The quantitative estimate of drug-likeness (QED) is 0.717. The number of carboxylic acid groups (broad SMARTS) is 1. The van der Waals surface area contributed by atoms with Crippen LogP contribution < -0.4 is 10.6 Å². The second-order valence-corrected chi connectivity index (χ2v) is 5.76. The molecule has 3 N–H and O–H groups in total. The molecule has 2 rings (SSSR count). The van der Waals surface area contributed by atoms with Crippen LogP contribution in [0.4, 0.5) is 0 Å². The molecule has 5 heteroatoms. The molecule has 4 atom stereocenters. The highest BCUT2D eigenvalue weighted by Gasteiger charge is 2.35. The number of aliphatic carboxylic acids is 1. The van der Waals surface area contributed by atoms with Crippen molar-refractivity contribution < 1.29 is 14.7 Å². The van der Waals surface area contributed by atoms with Crippen LogP contribution in [0.15, 0.2) is 0 Å². The Labute approximate surface area is 114 Å². The predicted molar refractivity (Wildman–Crippen MR) is 71.8 cm³/mol. The van der Waals surface area contributed by atoms with Gasteiger partial charge in [-0.3, -0.25) is 4.79 Å². The third kappa shape index (κ3) is 3.47. The monoisotopic (exact) mass is 268 g/mol. The normalized spacial score (nSPS) is 32.2. The molecule has 108 valence electrons. The molecule has 2 fully saturated rings. The number of carboxylic acids is 1. The average molecular weight is 268 g/mol. The Bertz CT molecular complexity index is 346. The SMILES string of the molecule is CC[C@H](NC(=O)C1CCC2CCCCC2N1)C(=O)O. The van der Waals surface area contributed by atoms with Gasteiger partial charge in [0.1, 0.15) is 6.04 Å². The minimum atomic E-state index is -0.956. The lowest BCUT2D eigenvalue weighted by molar-refractivity contribution is -0.142. The number of rotatable bonds is 4. The van der Waals surface area contributed by atoms with Crippen molar-refractivity contribution in [2.24, 2.45) is 5.92 Å². The fourth-order valence-electron chi connectivity index (χ4n) is 3.31. The maximum atomic E-state index is 12.1. The molecule has 0 aromatic carbocycles. The van der Waals surface area contributed by atoms with Crippen LogP contribution in [0.1, 0.15) is 51.9 Å². The number of carbonyl (C=O) groups is 2. The number of piperidine rings is 1. The fraction of sp³-hybridized carbons (Fsp3) is 0.857. The summed E-state index contributed by atoms with van der Waals surface area (Å²) in [6.45, 7) is 1.77. The average Bonchev–Trinajstić information content (AvgIpc) is 2.43. The van der Waals surface area contributed by atoms with Gasteiger partial charge in [-0.2, -0.15) is 0 Å². The topological polar surface area (TPSA) is 78.4 Å². The Kier molecular flexibility index (Phi) is 4.80.